The van der Waals surface area contributed by atoms with Crippen LogP contribution in [0.4, 0.5) is 11.4 Å². The molecule has 9 heteroatoms. The summed E-state index contributed by atoms with van der Waals surface area (Å²) in [6.45, 7) is 3.12. The third kappa shape index (κ3) is 4.76. The largest absolute Gasteiger partial charge is 0.452 e. The molecule has 0 aliphatic carbocycles. The van der Waals surface area contributed by atoms with Crippen LogP contribution in [0.25, 0.3) is 6.08 Å². The fourth-order valence-electron chi connectivity index (χ4n) is 2.22. The van der Waals surface area contributed by atoms with Crippen molar-refractivity contribution in [1.29, 1.82) is 0 Å². The van der Waals surface area contributed by atoms with Gasteiger partial charge in [0.2, 0.25) is 0 Å². The fraction of sp³-hybridized carbons (Fsp3) is 0.235. The lowest BCUT2D eigenvalue weighted by molar-refractivity contribution is -0.384. The van der Waals surface area contributed by atoms with Gasteiger partial charge in [-0.05, 0) is 25.5 Å². The molecule has 0 saturated carbocycles. The molecule has 0 bridgehead atoms. The van der Waals surface area contributed by atoms with E-state index >= 15 is 0 Å². The fourth-order valence-corrected chi connectivity index (χ4v) is 2.22. The summed E-state index contributed by atoms with van der Waals surface area (Å²) in [6.07, 6.45) is 2.48. The smallest absolute Gasteiger partial charge is 0.331 e. The summed E-state index contributed by atoms with van der Waals surface area (Å²) in [5.41, 5.74) is 2.42. The third-order valence-electron chi connectivity index (χ3n) is 3.61. The highest BCUT2D eigenvalue weighted by Gasteiger charge is 2.13. The van der Waals surface area contributed by atoms with Gasteiger partial charge in [-0.3, -0.25) is 19.6 Å². The summed E-state index contributed by atoms with van der Waals surface area (Å²) in [4.78, 5) is 33.8. The monoisotopic (exact) mass is 358 g/mol. The summed E-state index contributed by atoms with van der Waals surface area (Å²) >= 11 is 0. The molecule has 1 amide bonds. The Kier molecular flexibility index (Phi) is 5.84. The van der Waals surface area contributed by atoms with Crippen molar-refractivity contribution in [3.63, 3.8) is 0 Å². The van der Waals surface area contributed by atoms with Gasteiger partial charge in [-0.2, -0.15) is 5.10 Å². The summed E-state index contributed by atoms with van der Waals surface area (Å²) in [5.74, 6) is -1.22. The molecule has 1 aromatic heterocycles. The summed E-state index contributed by atoms with van der Waals surface area (Å²) < 4.78 is 6.50. The van der Waals surface area contributed by atoms with Crippen molar-refractivity contribution in [3.05, 3.63) is 57.4 Å². The molecule has 9 nitrogen and oxygen atoms in total. The first kappa shape index (κ1) is 18.8. The van der Waals surface area contributed by atoms with E-state index in [9.17, 15) is 19.7 Å². The van der Waals surface area contributed by atoms with Crippen LogP contribution < -0.4 is 5.32 Å². The predicted octanol–water partition coefficient (Wildman–Crippen LogP) is 2.14. The number of aromatic nitrogens is 2. The standard InChI is InChI=1S/C17H18N4O5/c1-11-17(12(2)20(3)19-11)18-15(22)10-26-16(23)8-7-13-5-4-6-14(9-13)21(24)25/h4-9H,10H2,1-3H3,(H,18,22)/b8-7+. The number of aryl methyl sites for hydroxylation is 2. The SMILES string of the molecule is Cc1nn(C)c(C)c1NC(=O)COC(=O)/C=C/c1cccc([N+](=O)[O-])c1. The van der Waals surface area contributed by atoms with E-state index in [4.69, 9.17) is 4.74 Å². The van der Waals surface area contributed by atoms with Crippen molar-refractivity contribution in [3.8, 4) is 0 Å². The van der Waals surface area contributed by atoms with E-state index in [1.807, 2.05) is 6.92 Å². The van der Waals surface area contributed by atoms with Gasteiger partial charge in [-0.25, -0.2) is 4.79 Å². The lowest BCUT2D eigenvalue weighted by Crippen LogP contribution is -2.20. The highest BCUT2D eigenvalue weighted by Crippen LogP contribution is 2.18. The van der Waals surface area contributed by atoms with Gasteiger partial charge in [0, 0.05) is 25.3 Å². The van der Waals surface area contributed by atoms with E-state index in [-0.39, 0.29) is 5.69 Å². The van der Waals surface area contributed by atoms with Crippen molar-refractivity contribution in [2.75, 3.05) is 11.9 Å². The number of anilines is 1. The highest BCUT2D eigenvalue weighted by molar-refractivity contribution is 5.95. The zero-order chi connectivity index (χ0) is 19.3. The van der Waals surface area contributed by atoms with Gasteiger partial charge in [-0.15, -0.1) is 0 Å². The molecule has 26 heavy (non-hydrogen) atoms. The number of nitrogens with zero attached hydrogens (tertiary/aromatic N) is 3. The van der Waals surface area contributed by atoms with Crippen LogP contribution in [-0.2, 0) is 21.4 Å². The normalized spacial score (nSPS) is 10.7. The Bertz CT molecular complexity index is 885. The van der Waals surface area contributed by atoms with E-state index in [1.165, 1.54) is 24.3 Å². The minimum Gasteiger partial charge on any atom is -0.452 e. The molecule has 2 aromatic rings. The van der Waals surface area contributed by atoms with Crippen LogP contribution in [0.2, 0.25) is 0 Å². The van der Waals surface area contributed by atoms with E-state index in [0.717, 1.165) is 11.8 Å². The van der Waals surface area contributed by atoms with Crippen molar-refractivity contribution < 1.29 is 19.2 Å². The maximum Gasteiger partial charge on any atom is 0.331 e. The second-order valence-electron chi connectivity index (χ2n) is 5.51. The van der Waals surface area contributed by atoms with Gasteiger partial charge in [-0.1, -0.05) is 12.1 Å². The van der Waals surface area contributed by atoms with E-state index in [0.29, 0.717) is 16.9 Å². The third-order valence-corrected chi connectivity index (χ3v) is 3.61. The van der Waals surface area contributed by atoms with E-state index in [1.54, 1.807) is 24.7 Å². The van der Waals surface area contributed by atoms with Gasteiger partial charge in [0.25, 0.3) is 11.6 Å². The van der Waals surface area contributed by atoms with E-state index in [2.05, 4.69) is 10.4 Å². The van der Waals surface area contributed by atoms with Crippen molar-refractivity contribution in [2.45, 2.75) is 13.8 Å². The Morgan fingerprint density at radius 3 is 2.73 bits per heavy atom. The van der Waals surface area contributed by atoms with Crippen molar-refractivity contribution in [2.24, 2.45) is 7.05 Å². The number of non-ortho nitro benzene ring substituents is 1. The molecule has 0 radical (unpaired) electrons. The lowest BCUT2D eigenvalue weighted by Gasteiger charge is -2.05. The van der Waals surface area contributed by atoms with Crippen LogP contribution in [0.5, 0.6) is 0 Å². The number of carbonyl (C=O) groups is 2. The van der Waals surface area contributed by atoms with Gasteiger partial charge >= 0.3 is 5.97 Å². The van der Waals surface area contributed by atoms with Crippen LogP contribution in [-0.4, -0.2) is 33.2 Å². The summed E-state index contributed by atoms with van der Waals surface area (Å²) in [6, 6.07) is 5.79. The number of nitrogens with one attached hydrogen (secondary N) is 1. The minimum atomic E-state index is -0.730. The molecule has 0 aliphatic heterocycles. The molecule has 0 saturated heterocycles. The Morgan fingerprint density at radius 2 is 2.12 bits per heavy atom. The van der Waals surface area contributed by atoms with Crippen molar-refractivity contribution in [1.82, 2.24) is 9.78 Å². The maximum atomic E-state index is 11.9. The number of ether oxygens (including phenoxy) is 1. The van der Waals surface area contributed by atoms with Crippen LogP contribution >= 0.6 is 0 Å². The Balaban J connectivity index is 1.89. The number of nitro groups is 1. The molecule has 0 unspecified atom stereocenters. The number of hydrogen-bond donors (Lipinski definition) is 1. The molecule has 0 spiro atoms. The first-order valence-corrected chi connectivity index (χ1v) is 7.67. The average Bonchev–Trinajstić information content (AvgIpc) is 2.84. The number of benzene rings is 1. The molecular formula is C17H18N4O5. The zero-order valence-electron chi connectivity index (χ0n) is 14.6. The number of carbonyl (C=O) groups excluding carboxylic acids is 2. The van der Waals surface area contributed by atoms with Gasteiger partial charge in [0.05, 0.1) is 22.0 Å². The van der Waals surface area contributed by atoms with E-state index < -0.39 is 23.4 Å². The molecular weight excluding hydrogens is 340 g/mol. The zero-order valence-corrected chi connectivity index (χ0v) is 14.6. The number of amides is 1. The van der Waals surface area contributed by atoms with Crippen LogP contribution in [0.1, 0.15) is 17.0 Å². The number of rotatable bonds is 6. The molecule has 2 rings (SSSR count). The molecule has 1 N–H and O–H groups in total. The molecule has 1 aromatic carbocycles. The maximum absolute atomic E-state index is 11.9. The Morgan fingerprint density at radius 1 is 1.38 bits per heavy atom. The second-order valence-corrected chi connectivity index (χ2v) is 5.51. The predicted molar refractivity (Wildman–Crippen MR) is 94.4 cm³/mol. The van der Waals surface area contributed by atoms with Crippen molar-refractivity contribution >= 4 is 29.3 Å². The number of hydrogen-bond acceptors (Lipinski definition) is 6. The van der Waals surface area contributed by atoms with Crippen LogP contribution in [0.15, 0.2) is 30.3 Å². The van der Waals surface area contributed by atoms with Crippen LogP contribution in [0.3, 0.4) is 0 Å². The molecule has 1 heterocycles. The summed E-state index contributed by atoms with van der Waals surface area (Å²) in [5, 5.41) is 17.5. The minimum absolute atomic E-state index is 0.0814. The molecule has 136 valence electrons. The topological polar surface area (TPSA) is 116 Å². The first-order valence-electron chi connectivity index (χ1n) is 7.67. The molecule has 0 atom stereocenters. The summed E-state index contributed by atoms with van der Waals surface area (Å²) in [7, 11) is 1.76. The highest BCUT2D eigenvalue weighted by atomic mass is 16.6. The van der Waals surface area contributed by atoms with Gasteiger partial charge < -0.3 is 10.1 Å². The second kappa shape index (κ2) is 8.06. The first-order chi connectivity index (χ1) is 12.3. The lowest BCUT2D eigenvalue weighted by atomic mass is 10.2. The Hall–Kier alpha value is -3.49. The van der Waals surface area contributed by atoms with Gasteiger partial charge in [0.15, 0.2) is 6.61 Å². The number of nitro benzene ring substituents is 1. The number of esters is 1. The quantitative estimate of drug-likeness (QED) is 0.366. The Labute approximate surface area is 149 Å². The molecule has 0 aliphatic rings. The van der Waals surface area contributed by atoms with Gasteiger partial charge in [0.1, 0.15) is 0 Å². The average molecular weight is 358 g/mol. The van der Waals surface area contributed by atoms with Crippen LogP contribution in [0, 0.1) is 24.0 Å². The molecule has 0 fully saturated rings.